The smallest absolute Gasteiger partial charge is 0.407 e. The number of benzene rings is 2. The summed E-state index contributed by atoms with van der Waals surface area (Å²) in [5.74, 6) is -1.04. The van der Waals surface area contributed by atoms with Crippen molar-refractivity contribution in [2.75, 3.05) is 13.2 Å². The third-order valence-electron chi connectivity index (χ3n) is 6.12. The minimum atomic E-state index is -0.853. The van der Waals surface area contributed by atoms with E-state index in [0.29, 0.717) is 19.4 Å². The van der Waals surface area contributed by atoms with Crippen LogP contribution in [-0.4, -0.2) is 42.3 Å². The van der Waals surface area contributed by atoms with Gasteiger partial charge in [0.2, 0.25) is 5.91 Å². The molecule has 3 rings (SSSR count). The van der Waals surface area contributed by atoms with E-state index in [1.807, 2.05) is 45.0 Å². The van der Waals surface area contributed by atoms with Gasteiger partial charge < -0.3 is 20.5 Å². The van der Waals surface area contributed by atoms with Gasteiger partial charge in [-0.3, -0.25) is 9.59 Å². The van der Waals surface area contributed by atoms with Gasteiger partial charge in [0.15, 0.2) is 0 Å². The quantitative estimate of drug-likeness (QED) is 0.450. The molecule has 7 heteroatoms. The Morgan fingerprint density at radius 1 is 0.971 bits per heavy atom. The van der Waals surface area contributed by atoms with Crippen LogP contribution in [0.25, 0.3) is 11.1 Å². The lowest BCUT2D eigenvalue weighted by atomic mass is 9.98. The zero-order chi connectivity index (χ0) is 24.7. The van der Waals surface area contributed by atoms with Crippen molar-refractivity contribution < 1.29 is 24.2 Å². The maximum absolute atomic E-state index is 12.7. The summed E-state index contributed by atoms with van der Waals surface area (Å²) in [6.07, 6.45) is 0.461. The molecule has 2 atom stereocenters. The van der Waals surface area contributed by atoms with Gasteiger partial charge in [0.05, 0.1) is 0 Å². The van der Waals surface area contributed by atoms with E-state index < -0.39 is 18.1 Å². The summed E-state index contributed by atoms with van der Waals surface area (Å²) >= 11 is 0. The summed E-state index contributed by atoms with van der Waals surface area (Å²) in [4.78, 5) is 36.2. The Hall–Kier alpha value is -3.35. The fraction of sp³-hybridized carbons (Fsp3) is 0.444. The van der Waals surface area contributed by atoms with Crippen molar-refractivity contribution in [3.63, 3.8) is 0 Å². The molecule has 2 amide bonds. The number of aliphatic carboxylic acids is 1. The number of hydrogen-bond acceptors (Lipinski definition) is 4. The van der Waals surface area contributed by atoms with Crippen LogP contribution in [0.5, 0.6) is 0 Å². The predicted molar refractivity (Wildman–Crippen MR) is 130 cm³/mol. The molecule has 3 N–H and O–H groups in total. The van der Waals surface area contributed by atoms with Gasteiger partial charge in [0, 0.05) is 18.9 Å². The minimum absolute atomic E-state index is 0.0450. The third kappa shape index (κ3) is 6.59. The second-order valence-electron chi connectivity index (χ2n) is 9.43. The van der Waals surface area contributed by atoms with Crippen LogP contribution in [0.15, 0.2) is 48.5 Å². The van der Waals surface area contributed by atoms with E-state index in [0.717, 1.165) is 22.3 Å². The van der Waals surface area contributed by atoms with Gasteiger partial charge in [-0.25, -0.2) is 4.79 Å². The number of carbonyl (C=O) groups is 3. The lowest BCUT2D eigenvalue weighted by Gasteiger charge is -2.21. The van der Waals surface area contributed by atoms with Gasteiger partial charge in [-0.2, -0.15) is 0 Å². The van der Waals surface area contributed by atoms with E-state index in [1.54, 1.807) is 0 Å². The third-order valence-corrected chi connectivity index (χ3v) is 6.12. The van der Waals surface area contributed by atoms with E-state index in [4.69, 9.17) is 9.84 Å². The molecule has 34 heavy (non-hydrogen) atoms. The van der Waals surface area contributed by atoms with Crippen molar-refractivity contribution in [3.05, 3.63) is 59.7 Å². The van der Waals surface area contributed by atoms with Crippen molar-refractivity contribution >= 4 is 18.0 Å². The Morgan fingerprint density at radius 3 is 2.12 bits per heavy atom. The van der Waals surface area contributed by atoms with Gasteiger partial charge in [-0.15, -0.1) is 0 Å². The topological polar surface area (TPSA) is 105 Å². The number of fused-ring (bicyclic) bond motifs is 3. The number of rotatable bonds is 11. The van der Waals surface area contributed by atoms with Crippen LogP contribution in [-0.2, 0) is 14.3 Å². The van der Waals surface area contributed by atoms with Crippen LogP contribution in [0.4, 0.5) is 4.79 Å². The SMILES string of the molecule is CC(C)C[C@H](NC(=O)OCC1c2ccccc2-c2ccccc21)C(=O)NCCC(C)CC(=O)O. The largest absolute Gasteiger partial charge is 0.481 e. The number of carbonyl (C=O) groups excluding carboxylic acids is 2. The molecule has 1 aliphatic rings. The summed E-state index contributed by atoms with van der Waals surface area (Å²) in [6.45, 7) is 6.33. The van der Waals surface area contributed by atoms with E-state index in [9.17, 15) is 14.4 Å². The van der Waals surface area contributed by atoms with Crippen LogP contribution in [0.3, 0.4) is 0 Å². The number of alkyl carbamates (subject to hydrolysis) is 1. The summed E-state index contributed by atoms with van der Waals surface area (Å²) in [6, 6.07) is 15.5. The highest BCUT2D eigenvalue weighted by Gasteiger charge is 2.30. The van der Waals surface area contributed by atoms with Crippen LogP contribution in [0.2, 0.25) is 0 Å². The molecule has 2 aromatic carbocycles. The molecule has 2 aromatic rings. The van der Waals surface area contributed by atoms with Gasteiger partial charge in [0.25, 0.3) is 0 Å². The van der Waals surface area contributed by atoms with Gasteiger partial charge >= 0.3 is 12.1 Å². The number of carboxylic acids is 1. The Morgan fingerprint density at radius 2 is 1.56 bits per heavy atom. The monoisotopic (exact) mass is 466 g/mol. The van der Waals surface area contributed by atoms with Crippen molar-refractivity contribution in [1.82, 2.24) is 10.6 Å². The number of hydrogen-bond donors (Lipinski definition) is 3. The number of nitrogens with one attached hydrogen (secondary N) is 2. The molecule has 1 aliphatic carbocycles. The zero-order valence-electron chi connectivity index (χ0n) is 20.0. The highest BCUT2D eigenvalue weighted by atomic mass is 16.5. The van der Waals surface area contributed by atoms with E-state index >= 15 is 0 Å². The second kappa shape index (κ2) is 11.7. The zero-order valence-corrected chi connectivity index (χ0v) is 20.0. The van der Waals surface area contributed by atoms with Crippen LogP contribution in [0.1, 0.15) is 57.1 Å². The summed E-state index contributed by atoms with van der Waals surface area (Å²) in [5, 5.41) is 14.4. The van der Waals surface area contributed by atoms with Crippen molar-refractivity contribution in [1.29, 1.82) is 0 Å². The molecule has 0 saturated carbocycles. The minimum Gasteiger partial charge on any atom is -0.481 e. The molecule has 0 radical (unpaired) electrons. The lowest BCUT2D eigenvalue weighted by Crippen LogP contribution is -2.48. The Bertz CT molecular complexity index is 974. The molecular formula is C27H34N2O5. The van der Waals surface area contributed by atoms with Gasteiger partial charge in [-0.05, 0) is 46.9 Å². The van der Waals surface area contributed by atoms with Crippen LogP contribution in [0, 0.1) is 11.8 Å². The fourth-order valence-corrected chi connectivity index (χ4v) is 4.45. The molecule has 0 aliphatic heterocycles. The maximum atomic E-state index is 12.7. The van der Waals surface area contributed by atoms with E-state index in [1.165, 1.54) is 0 Å². The van der Waals surface area contributed by atoms with Crippen molar-refractivity contribution in [3.8, 4) is 11.1 Å². The first-order valence-electron chi connectivity index (χ1n) is 11.9. The van der Waals surface area contributed by atoms with Gasteiger partial charge in [-0.1, -0.05) is 69.3 Å². The molecular weight excluding hydrogens is 432 g/mol. The fourth-order valence-electron chi connectivity index (χ4n) is 4.45. The molecule has 0 spiro atoms. The number of carboxylic acid groups (broad SMARTS) is 1. The molecule has 0 aromatic heterocycles. The molecule has 7 nitrogen and oxygen atoms in total. The van der Waals surface area contributed by atoms with E-state index in [-0.39, 0.29) is 36.7 Å². The molecule has 182 valence electrons. The van der Waals surface area contributed by atoms with Crippen LogP contribution < -0.4 is 10.6 Å². The Kier molecular flexibility index (Phi) is 8.68. The molecule has 1 unspecified atom stereocenters. The average molecular weight is 467 g/mol. The number of ether oxygens (including phenoxy) is 1. The summed E-state index contributed by atoms with van der Waals surface area (Å²) < 4.78 is 5.59. The van der Waals surface area contributed by atoms with Crippen molar-refractivity contribution in [2.24, 2.45) is 11.8 Å². The highest BCUT2D eigenvalue weighted by molar-refractivity contribution is 5.85. The molecule has 0 heterocycles. The molecule has 0 bridgehead atoms. The van der Waals surface area contributed by atoms with Crippen molar-refractivity contribution in [2.45, 2.75) is 52.0 Å². The summed E-state index contributed by atoms with van der Waals surface area (Å²) in [5.41, 5.74) is 4.56. The van der Waals surface area contributed by atoms with Gasteiger partial charge in [0.1, 0.15) is 12.6 Å². The lowest BCUT2D eigenvalue weighted by molar-refractivity contribution is -0.138. The Balaban J connectivity index is 1.57. The standard InChI is InChI=1S/C27H34N2O5/c1-17(2)14-24(26(32)28-13-12-18(3)15-25(30)31)29-27(33)34-16-23-21-10-6-4-8-19(21)20-9-5-7-11-22(20)23/h4-11,17-18,23-24H,12-16H2,1-3H3,(H,28,32)(H,29,33)(H,30,31)/t18?,24-/m0/s1. The van der Waals surface area contributed by atoms with Crippen LogP contribution >= 0.6 is 0 Å². The highest BCUT2D eigenvalue weighted by Crippen LogP contribution is 2.44. The maximum Gasteiger partial charge on any atom is 0.407 e. The number of amides is 2. The first-order chi connectivity index (χ1) is 16.3. The summed E-state index contributed by atoms with van der Waals surface area (Å²) in [7, 11) is 0. The first-order valence-corrected chi connectivity index (χ1v) is 11.9. The normalized spacial score (nSPS) is 14.1. The molecule has 0 fully saturated rings. The first kappa shape index (κ1) is 25.3. The second-order valence-corrected chi connectivity index (χ2v) is 9.43. The molecule has 0 saturated heterocycles. The Labute approximate surface area is 200 Å². The van der Waals surface area contributed by atoms with E-state index in [2.05, 4.69) is 34.9 Å². The predicted octanol–water partition coefficient (Wildman–Crippen LogP) is 4.56. The average Bonchev–Trinajstić information content (AvgIpc) is 3.10.